The van der Waals surface area contributed by atoms with Gasteiger partial charge in [0.15, 0.2) is 0 Å². The Hall–Kier alpha value is -3.24. The SMILES string of the molecule is Cc1ccc(N=P(CP(c2ccccc2)c2ccccc2)(c2ccccc2)c2ccccc2)cc1. The quantitative estimate of drug-likeness (QED) is 0.209. The van der Waals surface area contributed by atoms with Gasteiger partial charge >= 0.3 is 0 Å². The smallest absolute Gasteiger partial charge is 0.0621 e. The Balaban J connectivity index is 1.79. The van der Waals surface area contributed by atoms with Gasteiger partial charge in [-0.2, -0.15) is 0 Å². The summed E-state index contributed by atoms with van der Waals surface area (Å²) in [6.45, 7) is 2.13. The fourth-order valence-corrected chi connectivity index (χ4v) is 12.6. The predicted molar refractivity (Wildman–Crippen MR) is 156 cm³/mol. The monoisotopic (exact) mass is 489 g/mol. The van der Waals surface area contributed by atoms with Crippen molar-refractivity contribution in [3.8, 4) is 0 Å². The zero-order chi connectivity index (χ0) is 23.9. The first-order chi connectivity index (χ1) is 17.2. The van der Waals surface area contributed by atoms with Crippen molar-refractivity contribution in [3.05, 3.63) is 151 Å². The van der Waals surface area contributed by atoms with Gasteiger partial charge in [0, 0.05) is 13.0 Å². The molecular formula is C32H29NP2. The van der Waals surface area contributed by atoms with Crippen LogP contribution in [0, 0.1) is 6.92 Å². The van der Waals surface area contributed by atoms with E-state index in [1.165, 1.54) is 26.8 Å². The molecule has 35 heavy (non-hydrogen) atoms. The molecule has 0 aliphatic heterocycles. The van der Waals surface area contributed by atoms with Gasteiger partial charge in [-0.3, -0.25) is 4.74 Å². The summed E-state index contributed by atoms with van der Waals surface area (Å²) in [6, 6.07) is 52.6. The Kier molecular flexibility index (Phi) is 7.39. The predicted octanol–water partition coefficient (Wildman–Crippen LogP) is 7.57. The van der Waals surface area contributed by atoms with E-state index in [4.69, 9.17) is 4.74 Å². The van der Waals surface area contributed by atoms with E-state index in [1.807, 2.05) is 0 Å². The lowest BCUT2D eigenvalue weighted by Gasteiger charge is -2.31. The van der Waals surface area contributed by atoms with Gasteiger partial charge in [-0.25, -0.2) is 0 Å². The standard InChI is InChI=1S/C32H29NP2/c1-27-22-24-28(25-23-27)33-35(31-18-10-4-11-19-31,32-20-12-5-13-21-32)26-34(29-14-6-2-7-15-29)30-16-8-3-9-17-30/h2-25H,26H2,1H3. The van der Waals surface area contributed by atoms with Crippen molar-refractivity contribution in [1.29, 1.82) is 0 Å². The highest BCUT2D eigenvalue weighted by Gasteiger charge is 2.30. The van der Waals surface area contributed by atoms with E-state index in [9.17, 15) is 0 Å². The Bertz CT molecular complexity index is 1320. The van der Waals surface area contributed by atoms with Crippen LogP contribution >= 0.6 is 15.0 Å². The maximum absolute atomic E-state index is 5.69. The minimum Gasteiger partial charge on any atom is -0.258 e. The summed E-state index contributed by atoms with van der Waals surface area (Å²) >= 11 is 0. The molecule has 0 saturated carbocycles. The maximum Gasteiger partial charge on any atom is 0.0621 e. The van der Waals surface area contributed by atoms with Crippen LogP contribution in [0.1, 0.15) is 5.56 Å². The van der Waals surface area contributed by atoms with E-state index in [1.54, 1.807) is 0 Å². The van der Waals surface area contributed by atoms with E-state index >= 15 is 0 Å². The van der Waals surface area contributed by atoms with Gasteiger partial charge in [-0.15, -0.1) is 0 Å². The largest absolute Gasteiger partial charge is 0.258 e. The van der Waals surface area contributed by atoms with Crippen LogP contribution in [0.3, 0.4) is 0 Å². The minimum absolute atomic E-state index is 0.633. The molecule has 0 saturated heterocycles. The molecular weight excluding hydrogens is 460 g/mol. The minimum atomic E-state index is -2.17. The molecule has 0 aliphatic carbocycles. The summed E-state index contributed by atoms with van der Waals surface area (Å²) in [5, 5.41) is 5.44. The fraction of sp³-hybridized carbons (Fsp3) is 0.0625. The van der Waals surface area contributed by atoms with Crippen molar-refractivity contribution in [2.45, 2.75) is 6.92 Å². The van der Waals surface area contributed by atoms with Crippen LogP contribution < -0.4 is 21.2 Å². The molecule has 0 fully saturated rings. The van der Waals surface area contributed by atoms with Crippen LogP contribution in [0.25, 0.3) is 0 Å². The Labute approximate surface area is 210 Å². The zero-order valence-electron chi connectivity index (χ0n) is 19.9. The van der Waals surface area contributed by atoms with Crippen molar-refractivity contribution in [3.63, 3.8) is 0 Å². The van der Waals surface area contributed by atoms with Crippen molar-refractivity contribution in [2.24, 2.45) is 4.74 Å². The summed E-state index contributed by atoms with van der Waals surface area (Å²) in [6.07, 6.45) is 0. The zero-order valence-corrected chi connectivity index (χ0v) is 21.7. The summed E-state index contributed by atoms with van der Waals surface area (Å²) in [4.78, 5) is 0. The van der Waals surface area contributed by atoms with Crippen LogP contribution in [0.5, 0.6) is 0 Å². The third-order valence-corrected chi connectivity index (χ3v) is 13.7. The van der Waals surface area contributed by atoms with Crippen molar-refractivity contribution < 1.29 is 0 Å². The van der Waals surface area contributed by atoms with Gasteiger partial charge in [0.2, 0.25) is 0 Å². The number of hydrogen-bond acceptors (Lipinski definition) is 1. The lowest BCUT2D eigenvalue weighted by Crippen LogP contribution is -2.23. The normalized spacial score (nSPS) is 11.4. The first kappa shape index (κ1) is 23.5. The molecule has 5 aromatic rings. The molecule has 0 spiro atoms. The van der Waals surface area contributed by atoms with E-state index in [-0.39, 0.29) is 0 Å². The molecule has 5 aromatic carbocycles. The molecule has 0 atom stereocenters. The molecule has 0 radical (unpaired) electrons. The maximum atomic E-state index is 5.69. The molecule has 0 bridgehead atoms. The summed E-state index contributed by atoms with van der Waals surface area (Å²) in [5.74, 6) is 0.984. The highest BCUT2D eigenvalue weighted by atomic mass is 31.2. The van der Waals surface area contributed by atoms with Crippen molar-refractivity contribution >= 4 is 41.9 Å². The average Bonchev–Trinajstić information content (AvgIpc) is 2.94. The number of aryl methyl sites for hydroxylation is 1. The van der Waals surface area contributed by atoms with Gasteiger partial charge in [-0.05, 0) is 48.2 Å². The number of nitrogens with zero attached hydrogens (tertiary/aromatic N) is 1. The number of hydrogen-bond donors (Lipinski definition) is 0. The molecule has 0 aliphatic rings. The molecule has 0 unspecified atom stereocenters. The topological polar surface area (TPSA) is 12.4 Å². The van der Waals surface area contributed by atoms with E-state index in [0.29, 0.717) is 0 Å². The second-order valence-corrected chi connectivity index (χ2v) is 14.4. The van der Waals surface area contributed by atoms with Gasteiger partial charge in [0.25, 0.3) is 0 Å². The Morgan fingerprint density at radius 2 is 0.914 bits per heavy atom. The highest BCUT2D eigenvalue weighted by molar-refractivity contribution is 7.92. The molecule has 172 valence electrons. The molecule has 0 N–H and O–H groups in total. The molecule has 0 heterocycles. The molecule has 0 aromatic heterocycles. The van der Waals surface area contributed by atoms with Gasteiger partial charge in [-0.1, -0.05) is 139 Å². The molecule has 5 rings (SSSR count). The van der Waals surface area contributed by atoms with Crippen LogP contribution in [0.2, 0.25) is 0 Å². The molecule has 3 heteroatoms. The lowest BCUT2D eigenvalue weighted by molar-refractivity contribution is 1.44. The van der Waals surface area contributed by atoms with Gasteiger partial charge in [0.05, 0.1) is 5.69 Å². The van der Waals surface area contributed by atoms with E-state index < -0.39 is 15.0 Å². The fourth-order valence-electron chi connectivity index (χ4n) is 4.35. The molecule has 1 nitrogen and oxygen atoms in total. The second kappa shape index (κ2) is 11.0. The van der Waals surface area contributed by atoms with Crippen LogP contribution in [0.4, 0.5) is 5.69 Å². The number of rotatable bonds is 7. The average molecular weight is 490 g/mol. The van der Waals surface area contributed by atoms with Crippen molar-refractivity contribution in [2.75, 3.05) is 5.90 Å². The first-order valence-corrected chi connectivity index (χ1v) is 15.4. The van der Waals surface area contributed by atoms with Gasteiger partial charge in [0.1, 0.15) is 0 Å². The van der Waals surface area contributed by atoms with Crippen LogP contribution in [-0.2, 0) is 0 Å². The van der Waals surface area contributed by atoms with Crippen molar-refractivity contribution in [1.82, 2.24) is 0 Å². The third-order valence-electron chi connectivity index (χ3n) is 6.17. The van der Waals surface area contributed by atoms with E-state index in [2.05, 4.69) is 153 Å². The highest BCUT2D eigenvalue weighted by Crippen LogP contribution is 2.58. The van der Waals surface area contributed by atoms with Gasteiger partial charge < -0.3 is 0 Å². The Morgan fingerprint density at radius 1 is 0.514 bits per heavy atom. The summed E-state index contributed by atoms with van der Waals surface area (Å²) < 4.78 is 5.69. The third kappa shape index (κ3) is 5.38. The lowest BCUT2D eigenvalue weighted by atomic mass is 10.2. The Morgan fingerprint density at radius 3 is 1.34 bits per heavy atom. The van der Waals surface area contributed by atoms with Crippen LogP contribution in [0.15, 0.2) is 150 Å². The second-order valence-electron chi connectivity index (χ2n) is 8.62. The molecule has 0 amide bonds. The van der Waals surface area contributed by atoms with E-state index in [0.717, 1.165) is 11.6 Å². The summed E-state index contributed by atoms with van der Waals surface area (Å²) in [7, 11) is -2.80. The van der Waals surface area contributed by atoms with Crippen LogP contribution in [-0.4, -0.2) is 5.90 Å². The first-order valence-electron chi connectivity index (χ1n) is 11.9. The summed E-state index contributed by atoms with van der Waals surface area (Å²) in [5.41, 5.74) is 2.30. The number of benzene rings is 5.